The van der Waals surface area contributed by atoms with E-state index in [1.54, 1.807) is 12.1 Å². The minimum Gasteiger partial charge on any atom is -0.481 e. The standard InChI is InChI=1S/C18H18N2O3/c1-2-10-23-17-8-6-14(7-9-17)12-19-15-4-3-5-16(11-15)20-18(22)13-21/h1,3-9,11,19,21H,10,12-13H2,(H,20,22). The van der Waals surface area contributed by atoms with Crippen LogP contribution in [-0.4, -0.2) is 24.2 Å². The molecule has 3 N–H and O–H groups in total. The van der Waals surface area contributed by atoms with Crippen LogP contribution in [0.15, 0.2) is 48.5 Å². The molecule has 1 amide bonds. The third kappa shape index (κ3) is 5.38. The van der Waals surface area contributed by atoms with Gasteiger partial charge < -0.3 is 20.5 Å². The molecule has 0 aliphatic rings. The largest absolute Gasteiger partial charge is 0.481 e. The van der Waals surface area contributed by atoms with Gasteiger partial charge in [0.05, 0.1) is 0 Å². The lowest BCUT2D eigenvalue weighted by Gasteiger charge is -2.10. The lowest BCUT2D eigenvalue weighted by atomic mass is 10.2. The molecule has 2 rings (SSSR count). The first-order chi connectivity index (χ1) is 11.2. The monoisotopic (exact) mass is 310 g/mol. The highest BCUT2D eigenvalue weighted by molar-refractivity contribution is 5.91. The van der Waals surface area contributed by atoms with Crippen molar-refractivity contribution in [2.75, 3.05) is 23.8 Å². The molecule has 118 valence electrons. The zero-order chi connectivity index (χ0) is 16.5. The fourth-order valence-electron chi connectivity index (χ4n) is 1.94. The van der Waals surface area contributed by atoms with Crippen molar-refractivity contribution >= 4 is 17.3 Å². The molecule has 0 atom stereocenters. The van der Waals surface area contributed by atoms with Crippen LogP contribution in [0.1, 0.15) is 5.56 Å². The number of anilines is 2. The van der Waals surface area contributed by atoms with E-state index in [2.05, 4.69) is 16.6 Å². The van der Waals surface area contributed by atoms with E-state index in [9.17, 15) is 4.79 Å². The molecule has 5 heteroatoms. The van der Waals surface area contributed by atoms with Crippen LogP contribution in [0.2, 0.25) is 0 Å². The third-order valence-corrected chi connectivity index (χ3v) is 3.03. The average molecular weight is 310 g/mol. The molecule has 0 spiro atoms. The van der Waals surface area contributed by atoms with Gasteiger partial charge in [-0.3, -0.25) is 4.79 Å². The first-order valence-electron chi connectivity index (χ1n) is 7.11. The molecular weight excluding hydrogens is 292 g/mol. The van der Waals surface area contributed by atoms with E-state index in [4.69, 9.17) is 16.3 Å². The lowest BCUT2D eigenvalue weighted by Crippen LogP contribution is -2.15. The molecular formula is C18H18N2O3. The Morgan fingerprint density at radius 2 is 1.91 bits per heavy atom. The third-order valence-electron chi connectivity index (χ3n) is 3.03. The van der Waals surface area contributed by atoms with Crippen molar-refractivity contribution in [1.29, 1.82) is 0 Å². The zero-order valence-corrected chi connectivity index (χ0v) is 12.6. The molecule has 0 unspecified atom stereocenters. The van der Waals surface area contributed by atoms with Crippen LogP contribution >= 0.6 is 0 Å². The minimum atomic E-state index is -0.536. The van der Waals surface area contributed by atoms with E-state index in [0.717, 1.165) is 17.0 Å². The minimum absolute atomic E-state index is 0.254. The second-order valence-corrected chi connectivity index (χ2v) is 4.78. The first-order valence-corrected chi connectivity index (χ1v) is 7.11. The molecule has 23 heavy (non-hydrogen) atoms. The molecule has 5 nitrogen and oxygen atoms in total. The zero-order valence-electron chi connectivity index (χ0n) is 12.6. The highest BCUT2D eigenvalue weighted by Crippen LogP contribution is 2.17. The Kier molecular flexibility index (Phi) is 6.04. The van der Waals surface area contributed by atoms with E-state index >= 15 is 0 Å². The van der Waals surface area contributed by atoms with Gasteiger partial charge in [0.15, 0.2) is 0 Å². The van der Waals surface area contributed by atoms with Crippen LogP contribution in [0.3, 0.4) is 0 Å². The Balaban J connectivity index is 1.91. The molecule has 0 fully saturated rings. The maximum absolute atomic E-state index is 11.2. The summed E-state index contributed by atoms with van der Waals surface area (Å²) in [5, 5.41) is 14.6. The molecule has 2 aromatic carbocycles. The maximum Gasteiger partial charge on any atom is 0.250 e. The number of hydrogen-bond acceptors (Lipinski definition) is 4. The van der Waals surface area contributed by atoms with Gasteiger partial charge in [0.1, 0.15) is 19.0 Å². The quantitative estimate of drug-likeness (QED) is 0.686. The van der Waals surface area contributed by atoms with Crippen LogP contribution in [0.25, 0.3) is 0 Å². The van der Waals surface area contributed by atoms with E-state index in [1.165, 1.54) is 0 Å². The van der Waals surface area contributed by atoms with Gasteiger partial charge in [-0.2, -0.15) is 0 Å². The van der Waals surface area contributed by atoms with Crippen molar-refractivity contribution in [1.82, 2.24) is 0 Å². The second kappa shape index (κ2) is 8.47. The number of amides is 1. The summed E-state index contributed by atoms with van der Waals surface area (Å²) in [5.41, 5.74) is 2.59. The fraction of sp³-hybridized carbons (Fsp3) is 0.167. The predicted octanol–water partition coefficient (Wildman–Crippen LogP) is 2.24. The summed E-state index contributed by atoms with van der Waals surface area (Å²) >= 11 is 0. The SMILES string of the molecule is C#CCOc1ccc(CNc2cccc(NC(=O)CO)c2)cc1. The summed E-state index contributed by atoms with van der Waals surface area (Å²) in [6, 6.07) is 14.9. The van der Waals surface area contributed by atoms with Gasteiger partial charge in [0.25, 0.3) is 0 Å². The molecule has 2 aromatic rings. The molecule has 0 saturated carbocycles. The Hall–Kier alpha value is -2.97. The molecule has 0 radical (unpaired) electrons. The highest BCUT2D eigenvalue weighted by atomic mass is 16.5. The summed E-state index contributed by atoms with van der Waals surface area (Å²) in [4.78, 5) is 11.2. The summed E-state index contributed by atoms with van der Waals surface area (Å²) in [6.07, 6.45) is 5.14. The number of carbonyl (C=O) groups is 1. The van der Waals surface area contributed by atoms with E-state index in [-0.39, 0.29) is 6.61 Å². The van der Waals surface area contributed by atoms with Gasteiger partial charge in [-0.1, -0.05) is 24.1 Å². The summed E-state index contributed by atoms with van der Waals surface area (Å²) in [7, 11) is 0. The Bertz CT molecular complexity index is 690. The van der Waals surface area contributed by atoms with Crippen molar-refractivity contribution in [2.24, 2.45) is 0 Å². The predicted molar refractivity (Wildman–Crippen MR) is 90.3 cm³/mol. The molecule has 0 heterocycles. The number of terminal acetylenes is 1. The van der Waals surface area contributed by atoms with E-state index in [1.807, 2.05) is 36.4 Å². The van der Waals surface area contributed by atoms with Crippen molar-refractivity contribution in [3.63, 3.8) is 0 Å². The number of rotatable bonds is 7. The molecule has 0 aliphatic carbocycles. The molecule has 0 aliphatic heterocycles. The molecule has 0 bridgehead atoms. The number of carbonyl (C=O) groups excluding carboxylic acids is 1. The Morgan fingerprint density at radius 1 is 1.17 bits per heavy atom. The van der Waals surface area contributed by atoms with Crippen molar-refractivity contribution in [3.05, 3.63) is 54.1 Å². The van der Waals surface area contributed by atoms with Gasteiger partial charge in [-0.15, -0.1) is 6.42 Å². The van der Waals surface area contributed by atoms with Crippen LogP contribution in [-0.2, 0) is 11.3 Å². The van der Waals surface area contributed by atoms with Gasteiger partial charge in [0.2, 0.25) is 5.91 Å². The lowest BCUT2D eigenvalue weighted by molar-refractivity contribution is -0.118. The van der Waals surface area contributed by atoms with Gasteiger partial charge in [-0.05, 0) is 35.9 Å². The van der Waals surface area contributed by atoms with Gasteiger partial charge >= 0.3 is 0 Å². The van der Waals surface area contributed by atoms with Crippen LogP contribution in [0.5, 0.6) is 5.75 Å². The smallest absolute Gasteiger partial charge is 0.250 e. The van der Waals surface area contributed by atoms with Gasteiger partial charge in [-0.25, -0.2) is 0 Å². The number of benzene rings is 2. The molecule has 0 aromatic heterocycles. The van der Waals surface area contributed by atoms with E-state index < -0.39 is 12.5 Å². The summed E-state index contributed by atoms with van der Waals surface area (Å²) < 4.78 is 5.32. The normalized spacial score (nSPS) is 9.74. The van der Waals surface area contributed by atoms with Crippen LogP contribution in [0, 0.1) is 12.3 Å². The van der Waals surface area contributed by atoms with Crippen LogP contribution < -0.4 is 15.4 Å². The van der Waals surface area contributed by atoms with Crippen molar-refractivity contribution < 1.29 is 14.6 Å². The summed E-state index contributed by atoms with van der Waals surface area (Å²) in [5.74, 6) is 2.72. The topological polar surface area (TPSA) is 70.6 Å². The van der Waals surface area contributed by atoms with Crippen LogP contribution in [0.4, 0.5) is 11.4 Å². The number of aliphatic hydroxyl groups excluding tert-OH is 1. The Morgan fingerprint density at radius 3 is 2.61 bits per heavy atom. The maximum atomic E-state index is 11.2. The van der Waals surface area contributed by atoms with E-state index in [0.29, 0.717) is 12.2 Å². The Labute approximate surface area is 135 Å². The number of nitrogens with one attached hydrogen (secondary N) is 2. The molecule has 0 saturated heterocycles. The summed E-state index contributed by atoms with van der Waals surface area (Å²) in [6.45, 7) is 0.350. The number of ether oxygens (including phenoxy) is 1. The fourth-order valence-corrected chi connectivity index (χ4v) is 1.94. The first kappa shape index (κ1) is 16.4. The van der Waals surface area contributed by atoms with Crippen molar-refractivity contribution in [3.8, 4) is 18.1 Å². The van der Waals surface area contributed by atoms with Gasteiger partial charge in [0, 0.05) is 17.9 Å². The van der Waals surface area contributed by atoms with Crippen molar-refractivity contribution in [2.45, 2.75) is 6.54 Å². The average Bonchev–Trinajstić information content (AvgIpc) is 2.59. The number of aliphatic hydroxyl groups is 1. The highest BCUT2D eigenvalue weighted by Gasteiger charge is 2.01. The number of hydrogen-bond donors (Lipinski definition) is 3. The second-order valence-electron chi connectivity index (χ2n) is 4.78.